The first-order chi connectivity index (χ1) is 13.7. The van der Waals surface area contributed by atoms with E-state index in [-0.39, 0.29) is 38.0 Å². The number of aliphatic hydroxyl groups excluding tert-OH is 1. The van der Waals surface area contributed by atoms with Crippen LogP contribution in [0.3, 0.4) is 0 Å². The summed E-state index contributed by atoms with van der Waals surface area (Å²) < 4.78 is 16.1. The summed E-state index contributed by atoms with van der Waals surface area (Å²) in [5.41, 5.74) is 3.30. The highest BCUT2D eigenvalue weighted by atomic mass is 35.5. The molecule has 0 unspecified atom stereocenters. The zero-order valence-electron chi connectivity index (χ0n) is 15.5. The van der Waals surface area contributed by atoms with Gasteiger partial charge in [0.1, 0.15) is 23.7 Å². The molecular weight excluding hydrogens is 399 g/mol. The number of hydrogen-bond donors (Lipinski definition) is 1. The van der Waals surface area contributed by atoms with Crippen molar-refractivity contribution in [3.05, 3.63) is 59.7 Å². The number of oxime groups is 1. The molecule has 0 aliphatic carbocycles. The molecule has 29 heavy (non-hydrogen) atoms. The molecule has 3 heterocycles. The van der Waals surface area contributed by atoms with E-state index in [1.54, 1.807) is 36.0 Å². The summed E-state index contributed by atoms with van der Waals surface area (Å²) >= 11 is 0. The monoisotopic (exact) mass is 416 g/mol. The lowest BCUT2D eigenvalue weighted by molar-refractivity contribution is 0.0986. The van der Waals surface area contributed by atoms with Gasteiger partial charge in [-0.2, -0.15) is 0 Å². The van der Waals surface area contributed by atoms with E-state index in [1.807, 2.05) is 12.1 Å². The maximum Gasteiger partial charge on any atom is 0.179 e. The SMILES string of the molecule is CC(=NOCCO)c1ccc2nnn(Cc3cc4cccnc4cc3F)c2n1.Cl. The molecule has 0 amide bonds. The van der Waals surface area contributed by atoms with Crippen LogP contribution in [0, 0.1) is 5.82 Å². The van der Waals surface area contributed by atoms with Gasteiger partial charge >= 0.3 is 0 Å². The molecule has 0 atom stereocenters. The Kier molecular flexibility index (Phi) is 6.30. The Morgan fingerprint density at radius 2 is 2.10 bits per heavy atom. The Bertz CT molecular complexity index is 1180. The van der Waals surface area contributed by atoms with Crippen LogP contribution in [-0.4, -0.2) is 49.0 Å². The first-order valence-corrected chi connectivity index (χ1v) is 8.67. The second-order valence-corrected chi connectivity index (χ2v) is 6.16. The van der Waals surface area contributed by atoms with Crippen LogP contribution in [0.1, 0.15) is 18.2 Å². The van der Waals surface area contributed by atoms with Gasteiger partial charge in [0.25, 0.3) is 0 Å². The third-order valence-electron chi connectivity index (χ3n) is 4.21. The third kappa shape index (κ3) is 4.30. The number of nitrogens with zero attached hydrogens (tertiary/aromatic N) is 6. The van der Waals surface area contributed by atoms with Gasteiger partial charge in [-0.1, -0.05) is 16.4 Å². The molecule has 0 fully saturated rings. The highest BCUT2D eigenvalue weighted by molar-refractivity contribution is 5.97. The van der Waals surface area contributed by atoms with Crippen LogP contribution >= 0.6 is 12.4 Å². The summed E-state index contributed by atoms with van der Waals surface area (Å²) in [6.45, 7) is 1.92. The van der Waals surface area contributed by atoms with Gasteiger partial charge in [0.2, 0.25) is 0 Å². The largest absolute Gasteiger partial charge is 0.393 e. The van der Waals surface area contributed by atoms with Crippen molar-refractivity contribution < 1.29 is 14.3 Å². The van der Waals surface area contributed by atoms with E-state index in [0.717, 1.165) is 5.39 Å². The predicted molar refractivity (Wildman–Crippen MR) is 109 cm³/mol. The lowest BCUT2D eigenvalue weighted by atomic mass is 10.1. The number of benzene rings is 1. The molecule has 0 aliphatic heterocycles. The average molecular weight is 417 g/mol. The molecule has 150 valence electrons. The predicted octanol–water partition coefficient (Wildman–Crippen LogP) is 2.72. The van der Waals surface area contributed by atoms with Crippen LogP contribution in [0.5, 0.6) is 0 Å². The number of hydrogen-bond acceptors (Lipinski definition) is 7. The van der Waals surface area contributed by atoms with Gasteiger partial charge in [0.05, 0.1) is 24.4 Å². The average Bonchev–Trinajstić information content (AvgIpc) is 3.10. The minimum absolute atomic E-state index is 0. The molecule has 0 bridgehead atoms. The van der Waals surface area contributed by atoms with Crippen molar-refractivity contribution in [2.45, 2.75) is 13.5 Å². The molecule has 4 rings (SSSR count). The van der Waals surface area contributed by atoms with Crippen molar-refractivity contribution in [1.29, 1.82) is 0 Å². The summed E-state index contributed by atoms with van der Waals surface area (Å²) in [6, 6.07) is 10.4. The summed E-state index contributed by atoms with van der Waals surface area (Å²) in [6.07, 6.45) is 1.63. The Labute approximate surface area is 171 Å². The Balaban J connectivity index is 0.00000240. The van der Waals surface area contributed by atoms with E-state index in [4.69, 9.17) is 9.94 Å². The minimum Gasteiger partial charge on any atom is -0.393 e. The van der Waals surface area contributed by atoms with E-state index in [1.165, 1.54) is 6.07 Å². The molecule has 1 N–H and O–H groups in total. The smallest absolute Gasteiger partial charge is 0.179 e. The van der Waals surface area contributed by atoms with Gasteiger partial charge in [-0.05, 0) is 31.2 Å². The van der Waals surface area contributed by atoms with Gasteiger partial charge in [-0.3, -0.25) is 4.98 Å². The molecule has 0 saturated carbocycles. The summed E-state index contributed by atoms with van der Waals surface area (Å²) in [4.78, 5) is 13.7. The van der Waals surface area contributed by atoms with Gasteiger partial charge in [-0.15, -0.1) is 17.5 Å². The fourth-order valence-electron chi connectivity index (χ4n) is 2.82. The Morgan fingerprint density at radius 3 is 2.93 bits per heavy atom. The first kappa shape index (κ1) is 20.6. The fourth-order valence-corrected chi connectivity index (χ4v) is 2.82. The van der Waals surface area contributed by atoms with E-state index < -0.39 is 0 Å². The van der Waals surface area contributed by atoms with E-state index >= 15 is 0 Å². The molecule has 0 saturated heterocycles. The molecule has 0 radical (unpaired) electrons. The van der Waals surface area contributed by atoms with E-state index in [2.05, 4.69) is 25.4 Å². The van der Waals surface area contributed by atoms with Crippen molar-refractivity contribution in [3.8, 4) is 0 Å². The van der Waals surface area contributed by atoms with Crippen LogP contribution in [0.25, 0.3) is 22.1 Å². The number of rotatable bonds is 6. The van der Waals surface area contributed by atoms with Crippen molar-refractivity contribution in [2.75, 3.05) is 13.2 Å². The van der Waals surface area contributed by atoms with Crippen molar-refractivity contribution in [3.63, 3.8) is 0 Å². The van der Waals surface area contributed by atoms with Crippen molar-refractivity contribution >= 4 is 40.2 Å². The van der Waals surface area contributed by atoms with Gasteiger partial charge in [-0.25, -0.2) is 14.1 Å². The number of halogens is 2. The molecule has 3 aromatic heterocycles. The Hall–Kier alpha value is -3.17. The zero-order chi connectivity index (χ0) is 19.5. The van der Waals surface area contributed by atoms with Crippen LogP contribution in [0.4, 0.5) is 4.39 Å². The Morgan fingerprint density at radius 1 is 1.24 bits per heavy atom. The standard InChI is InChI=1S/C19H17FN6O2.ClH/c1-12(24-28-8-7-27)16-4-5-17-19(22-16)26(25-23-17)11-14-9-13-3-2-6-21-18(13)10-15(14)20;/h2-6,9-10,27H,7-8,11H2,1H3;1H. The van der Waals surface area contributed by atoms with Gasteiger partial charge < -0.3 is 9.94 Å². The highest BCUT2D eigenvalue weighted by Crippen LogP contribution is 2.19. The second-order valence-electron chi connectivity index (χ2n) is 6.16. The molecule has 10 heteroatoms. The summed E-state index contributed by atoms with van der Waals surface area (Å²) in [5.74, 6) is -0.360. The van der Waals surface area contributed by atoms with Crippen LogP contribution < -0.4 is 0 Å². The number of aliphatic hydroxyl groups is 1. The topological polar surface area (TPSA) is 98.3 Å². The molecule has 0 spiro atoms. The fraction of sp³-hybridized carbons (Fsp3) is 0.211. The first-order valence-electron chi connectivity index (χ1n) is 8.67. The second kappa shape index (κ2) is 8.89. The van der Waals surface area contributed by atoms with Crippen molar-refractivity contribution in [1.82, 2.24) is 25.0 Å². The lowest BCUT2D eigenvalue weighted by Gasteiger charge is -2.07. The number of fused-ring (bicyclic) bond motifs is 2. The van der Waals surface area contributed by atoms with Crippen molar-refractivity contribution in [2.24, 2.45) is 5.16 Å². The maximum absolute atomic E-state index is 14.5. The number of aromatic nitrogens is 5. The zero-order valence-corrected chi connectivity index (χ0v) is 16.3. The quantitative estimate of drug-likeness (QED) is 0.295. The molecule has 0 aliphatic rings. The van der Waals surface area contributed by atoms with E-state index in [9.17, 15) is 4.39 Å². The number of pyridine rings is 2. The molecular formula is C19H18ClFN6O2. The van der Waals surface area contributed by atoms with Gasteiger partial charge in [0.15, 0.2) is 5.65 Å². The molecule has 4 aromatic rings. The summed E-state index contributed by atoms with van der Waals surface area (Å²) in [5, 5.41) is 21.7. The van der Waals surface area contributed by atoms with Crippen LogP contribution in [0.2, 0.25) is 0 Å². The normalized spacial score (nSPS) is 11.6. The lowest BCUT2D eigenvalue weighted by Crippen LogP contribution is -2.07. The summed E-state index contributed by atoms with van der Waals surface area (Å²) in [7, 11) is 0. The maximum atomic E-state index is 14.5. The highest BCUT2D eigenvalue weighted by Gasteiger charge is 2.12. The molecule has 1 aromatic carbocycles. The van der Waals surface area contributed by atoms with Crippen LogP contribution in [0.15, 0.2) is 47.8 Å². The molecule has 8 nitrogen and oxygen atoms in total. The van der Waals surface area contributed by atoms with Crippen LogP contribution in [-0.2, 0) is 11.4 Å². The van der Waals surface area contributed by atoms with Gasteiger partial charge in [0, 0.05) is 23.2 Å². The van der Waals surface area contributed by atoms with E-state index in [0.29, 0.717) is 33.6 Å². The minimum atomic E-state index is -0.360. The third-order valence-corrected chi connectivity index (χ3v) is 4.21.